The van der Waals surface area contributed by atoms with Gasteiger partial charge in [-0.15, -0.1) is 0 Å². The first-order chi connectivity index (χ1) is 9.19. The second kappa shape index (κ2) is 7.06. The van der Waals surface area contributed by atoms with E-state index < -0.39 is 22.0 Å². The minimum Gasteiger partial charge on any atom is -0.480 e. The monoisotopic (exact) mass is 319 g/mol. The number of nitrogens with one attached hydrogen (secondary N) is 1. The molecule has 0 aromatic heterocycles. The highest BCUT2D eigenvalue weighted by Gasteiger charge is 2.25. The average Bonchev–Trinajstić information content (AvgIpc) is 2.26. The number of hydrogen-bond donors (Lipinski definition) is 2. The lowest BCUT2D eigenvalue weighted by molar-refractivity contribution is -0.139. The summed E-state index contributed by atoms with van der Waals surface area (Å²) in [6.45, 7) is 3.67. The van der Waals surface area contributed by atoms with Crippen LogP contribution in [0, 0.1) is 5.92 Å². The maximum atomic E-state index is 12.0. The van der Waals surface area contributed by atoms with Crippen molar-refractivity contribution in [2.24, 2.45) is 5.92 Å². The normalized spacial score (nSPS) is 13.4. The Morgan fingerprint density at radius 3 is 2.55 bits per heavy atom. The predicted octanol–water partition coefficient (Wildman–Crippen LogP) is 2.26. The van der Waals surface area contributed by atoms with Gasteiger partial charge in [0.25, 0.3) is 0 Å². The molecule has 0 aliphatic heterocycles. The van der Waals surface area contributed by atoms with E-state index in [1.54, 1.807) is 24.3 Å². The lowest BCUT2D eigenvalue weighted by Gasteiger charge is -2.16. The van der Waals surface area contributed by atoms with E-state index in [4.69, 9.17) is 16.7 Å². The molecule has 1 rings (SSSR count). The fourth-order valence-corrected chi connectivity index (χ4v) is 3.32. The highest BCUT2D eigenvalue weighted by Crippen LogP contribution is 2.14. The molecule has 112 valence electrons. The molecule has 1 aromatic carbocycles. The van der Waals surface area contributed by atoms with Gasteiger partial charge in [-0.05, 0) is 30.0 Å². The molecule has 1 atom stereocenters. The number of rotatable bonds is 7. The van der Waals surface area contributed by atoms with Crippen molar-refractivity contribution in [2.45, 2.75) is 32.1 Å². The molecule has 0 saturated carbocycles. The predicted molar refractivity (Wildman–Crippen MR) is 78.1 cm³/mol. The lowest BCUT2D eigenvalue weighted by Crippen LogP contribution is -2.42. The summed E-state index contributed by atoms with van der Waals surface area (Å²) in [5.74, 6) is -1.39. The summed E-state index contributed by atoms with van der Waals surface area (Å²) in [6, 6.07) is 5.35. The van der Waals surface area contributed by atoms with Crippen LogP contribution in [-0.2, 0) is 20.6 Å². The van der Waals surface area contributed by atoms with Crippen molar-refractivity contribution >= 4 is 27.6 Å². The molecule has 2 N–H and O–H groups in total. The van der Waals surface area contributed by atoms with E-state index in [1.165, 1.54) is 0 Å². The topological polar surface area (TPSA) is 83.5 Å². The summed E-state index contributed by atoms with van der Waals surface area (Å²) in [7, 11) is -3.73. The van der Waals surface area contributed by atoms with E-state index in [1.807, 2.05) is 13.8 Å². The second-order valence-corrected chi connectivity index (χ2v) is 7.22. The van der Waals surface area contributed by atoms with Crippen LogP contribution >= 0.6 is 11.6 Å². The zero-order valence-electron chi connectivity index (χ0n) is 11.3. The van der Waals surface area contributed by atoms with Gasteiger partial charge in [-0.25, -0.2) is 13.1 Å². The van der Waals surface area contributed by atoms with Crippen LogP contribution in [0.5, 0.6) is 0 Å². The Morgan fingerprint density at radius 2 is 2.05 bits per heavy atom. The van der Waals surface area contributed by atoms with Crippen molar-refractivity contribution in [1.29, 1.82) is 0 Å². The van der Waals surface area contributed by atoms with Crippen LogP contribution in [0.15, 0.2) is 24.3 Å². The molecule has 1 aromatic rings. The molecule has 0 amide bonds. The fourth-order valence-electron chi connectivity index (χ4n) is 1.78. The highest BCUT2D eigenvalue weighted by atomic mass is 35.5. The van der Waals surface area contributed by atoms with Gasteiger partial charge in [-0.2, -0.15) is 0 Å². The van der Waals surface area contributed by atoms with Gasteiger partial charge in [-0.1, -0.05) is 37.6 Å². The average molecular weight is 320 g/mol. The Labute approximate surface area is 124 Å². The van der Waals surface area contributed by atoms with Gasteiger partial charge in [-0.3, -0.25) is 4.79 Å². The number of carboxylic acid groups (broad SMARTS) is 1. The first kappa shape index (κ1) is 16.9. The van der Waals surface area contributed by atoms with Crippen LogP contribution in [0.1, 0.15) is 25.8 Å². The summed E-state index contributed by atoms with van der Waals surface area (Å²) >= 11 is 5.79. The number of carbonyl (C=O) groups is 1. The van der Waals surface area contributed by atoms with Gasteiger partial charge in [0.2, 0.25) is 10.0 Å². The number of carboxylic acids is 1. The van der Waals surface area contributed by atoms with Crippen molar-refractivity contribution in [3.05, 3.63) is 34.9 Å². The lowest BCUT2D eigenvalue weighted by atomic mass is 10.1. The van der Waals surface area contributed by atoms with E-state index >= 15 is 0 Å². The number of benzene rings is 1. The van der Waals surface area contributed by atoms with Crippen molar-refractivity contribution in [3.63, 3.8) is 0 Å². The van der Waals surface area contributed by atoms with Crippen molar-refractivity contribution in [3.8, 4) is 0 Å². The largest absolute Gasteiger partial charge is 0.480 e. The molecule has 5 nitrogen and oxygen atoms in total. The van der Waals surface area contributed by atoms with Crippen LogP contribution in [0.2, 0.25) is 5.02 Å². The van der Waals surface area contributed by atoms with E-state index in [0.717, 1.165) is 0 Å². The number of hydrogen-bond acceptors (Lipinski definition) is 3. The third-order valence-electron chi connectivity index (χ3n) is 2.57. The minimum atomic E-state index is -3.73. The summed E-state index contributed by atoms with van der Waals surface area (Å²) in [5, 5.41) is 9.49. The summed E-state index contributed by atoms with van der Waals surface area (Å²) in [6.07, 6.45) is 0.240. The van der Waals surface area contributed by atoms with E-state index in [9.17, 15) is 13.2 Å². The van der Waals surface area contributed by atoms with E-state index in [-0.39, 0.29) is 18.1 Å². The molecule has 7 heteroatoms. The Morgan fingerprint density at radius 1 is 1.40 bits per heavy atom. The number of sulfonamides is 1. The minimum absolute atomic E-state index is 0.0740. The van der Waals surface area contributed by atoms with E-state index in [2.05, 4.69) is 4.72 Å². The SMILES string of the molecule is CC(C)C[C@H](NS(=O)(=O)Cc1cccc(Cl)c1)C(=O)O. The number of aliphatic carboxylic acids is 1. The maximum absolute atomic E-state index is 12.0. The first-order valence-electron chi connectivity index (χ1n) is 6.17. The standard InChI is InChI=1S/C13H18ClNO4S/c1-9(2)6-12(13(16)17)15-20(18,19)8-10-4-3-5-11(14)7-10/h3-5,7,9,12,15H,6,8H2,1-2H3,(H,16,17)/t12-/m0/s1. The number of halogens is 1. The Balaban J connectivity index is 2.80. The van der Waals surface area contributed by atoms with Crippen LogP contribution in [-0.4, -0.2) is 25.5 Å². The summed E-state index contributed by atoms with van der Waals surface area (Å²) < 4.78 is 26.2. The molecule has 0 unspecified atom stereocenters. The van der Waals surface area contributed by atoms with Gasteiger partial charge in [0.05, 0.1) is 5.75 Å². The van der Waals surface area contributed by atoms with Gasteiger partial charge < -0.3 is 5.11 Å². The van der Waals surface area contributed by atoms with Crippen LogP contribution in [0.3, 0.4) is 0 Å². The van der Waals surface area contributed by atoms with Gasteiger partial charge >= 0.3 is 5.97 Å². The molecule has 0 aliphatic rings. The Bertz CT molecular complexity index is 571. The van der Waals surface area contributed by atoms with Crippen LogP contribution in [0.25, 0.3) is 0 Å². The Kier molecular flexibility index (Phi) is 5.98. The molecule has 20 heavy (non-hydrogen) atoms. The van der Waals surface area contributed by atoms with Crippen molar-refractivity contribution in [2.75, 3.05) is 0 Å². The first-order valence-corrected chi connectivity index (χ1v) is 8.20. The molecule has 0 heterocycles. The molecule has 0 radical (unpaired) electrons. The zero-order valence-corrected chi connectivity index (χ0v) is 12.9. The fraction of sp³-hybridized carbons (Fsp3) is 0.462. The molecule has 0 saturated heterocycles. The highest BCUT2D eigenvalue weighted by molar-refractivity contribution is 7.88. The summed E-state index contributed by atoms with van der Waals surface area (Å²) in [5.41, 5.74) is 0.513. The summed E-state index contributed by atoms with van der Waals surface area (Å²) in [4.78, 5) is 11.1. The molecular formula is C13H18ClNO4S. The quantitative estimate of drug-likeness (QED) is 0.807. The molecular weight excluding hydrogens is 302 g/mol. The van der Waals surface area contributed by atoms with Crippen LogP contribution < -0.4 is 4.72 Å². The maximum Gasteiger partial charge on any atom is 0.321 e. The van der Waals surface area contributed by atoms with Gasteiger partial charge in [0.1, 0.15) is 6.04 Å². The molecule has 0 spiro atoms. The second-order valence-electron chi connectivity index (χ2n) is 5.03. The molecule has 0 aliphatic carbocycles. The molecule has 0 bridgehead atoms. The smallest absolute Gasteiger partial charge is 0.321 e. The van der Waals surface area contributed by atoms with E-state index in [0.29, 0.717) is 10.6 Å². The van der Waals surface area contributed by atoms with Crippen LogP contribution in [0.4, 0.5) is 0 Å². The third-order valence-corrected chi connectivity index (χ3v) is 4.16. The zero-order chi connectivity index (χ0) is 15.3. The Hall–Kier alpha value is -1.11. The van der Waals surface area contributed by atoms with Gasteiger partial charge in [0.15, 0.2) is 0 Å². The van der Waals surface area contributed by atoms with Crippen molar-refractivity contribution < 1.29 is 18.3 Å². The molecule has 0 fully saturated rings. The van der Waals surface area contributed by atoms with Crippen molar-refractivity contribution in [1.82, 2.24) is 4.72 Å². The van der Waals surface area contributed by atoms with Gasteiger partial charge in [0, 0.05) is 5.02 Å². The third kappa shape index (κ3) is 5.90.